The number of anilines is 1. The number of Topliss-reactive ketones (excluding diaryl/α,β-unsaturated/α-hetero) is 1. The number of unbranched alkanes of at least 4 members (excludes halogenated alkanes) is 1. The van der Waals surface area contributed by atoms with Crippen molar-refractivity contribution in [1.82, 2.24) is 9.97 Å². The number of aromatic amines is 1. The lowest BCUT2D eigenvalue weighted by molar-refractivity contribution is -0.118. The molecule has 3 heterocycles. The predicted molar refractivity (Wildman–Crippen MR) is 115 cm³/mol. The topological polar surface area (TPSA) is 74.8 Å². The molecule has 0 saturated heterocycles. The van der Waals surface area contributed by atoms with E-state index in [4.69, 9.17) is 4.98 Å². The lowest BCUT2D eigenvalue weighted by Crippen LogP contribution is -2.36. The fourth-order valence-electron chi connectivity index (χ4n) is 4.01. The molecule has 0 saturated carbocycles. The second-order valence-corrected chi connectivity index (χ2v) is 10.3. The number of nitrogens with zero attached hydrogens (tertiary/aromatic N) is 1. The van der Waals surface area contributed by atoms with Gasteiger partial charge in [0, 0.05) is 28.3 Å². The van der Waals surface area contributed by atoms with Gasteiger partial charge in [-0.1, -0.05) is 45.0 Å². The normalized spacial score (nSPS) is 20.5. The summed E-state index contributed by atoms with van der Waals surface area (Å²) in [7, 11) is 0. The molecule has 7 heteroatoms. The van der Waals surface area contributed by atoms with E-state index in [1.807, 2.05) is 17.5 Å². The molecule has 148 valence electrons. The van der Waals surface area contributed by atoms with E-state index in [9.17, 15) is 9.59 Å². The van der Waals surface area contributed by atoms with Gasteiger partial charge in [0.25, 0.3) is 5.56 Å². The summed E-state index contributed by atoms with van der Waals surface area (Å²) in [5, 5.41) is 6.00. The number of ketones is 1. The number of allylic oxidation sites excluding steroid dienone is 2. The fourth-order valence-corrected chi connectivity index (χ4v) is 5.81. The molecule has 0 amide bonds. The highest BCUT2D eigenvalue weighted by molar-refractivity contribution is 7.99. The molecule has 1 atom stereocenters. The number of nitrogens with one attached hydrogen (secondary N) is 2. The Bertz CT molecular complexity index is 990. The Hall–Kier alpha value is -1.86. The van der Waals surface area contributed by atoms with Crippen LogP contribution in [0.3, 0.4) is 0 Å². The zero-order valence-corrected chi connectivity index (χ0v) is 18.1. The summed E-state index contributed by atoms with van der Waals surface area (Å²) in [4.78, 5) is 34.8. The van der Waals surface area contributed by atoms with Crippen LogP contribution in [-0.4, -0.2) is 21.5 Å². The highest BCUT2D eigenvalue weighted by Gasteiger charge is 2.42. The zero-order valence-electron chi connectivity index (χ0n) is 16.4. The van der Waals surface area contributed by atoms with Gasteiger partial charge in [-0.2, -0.15) is 0 Å². The van der Waals surface area contributed by atoms with E-state index in [0.29, 0.717) is 23.0 Å². The van der Waals surface area contributed by atoms with Crippen LogP contribution in [-0.2, 0) is 4.79 Å². The molecule has 2 aromatic rings. The molecule has 28 heavy (non-hydrogen) atoms. The molecule has 0 fully saturated rings. The predicted octanol–water partition coefficient (Wildman–Crippen LogP) is 4.92. The van der Waals surface area contributed by atoms with Crippen molar-refractivity contribution in [3.05, 3.63) is 49.6 Å². The van der Waals surface area contributed by atoms with Crippen molar-refractivity contribution in [2.75, 3.05) is 11.1 Å². The van der Waals surface area contributed by atoms with Gasteiger partial charge in [-0.3, -0.25) is 9.59 Å². The van der Waals surface area contributed by atoms with Crippen LogP contribution in [0.5, 0.6) is 0 Å². The summed E-state index contributed by atoms with van der Waals surface area (Å²) in [6.07, 6.45) is 3.46. The van der Waals surface area contributed by atoms with E-state index in [2.05, 4.69) is 31.1 Å². The van der Waals surface area contributed by atoms with Crippen molar-refractivity contribution in [3.63, 3.8) is 0 Å². The first kappa shape index (κ1) is 19.5. The lowest BCUT2D eigenvalue weighted by Gasteiger charge is -2.38. The molecule has 1 unspecified atom stereocenters. The van der Waals surface area contributed by atoms with Crippen LogP contribution in [0.1, 0.15) is 62.8 Å². The minimum Gasteiger partial charge on any atom is -0.343 e. The Labute approximate surface area is 173 Å². The maximum atomic E-state index is 13.1. The van der Waals surface area contributed by atoms with Crippen molar-refractivity contribution >= 4 is 34.7 Å². The standard InChI is InChI=1S/C21H25N3O2S2/c1-4-5-8-28-20-23-18-17(19(26)24-20)16(14-7-6-9-27-14)15-12(22-18)10-21(2,3)11-13(15)25/h6-7,9,16H,4-5,8,10-11H2,1-3H3,(H2,22,23,24,26). The molecule has 0 bridgehead atoms. The van der Waals surface area contributed by atoms with Gasteiger partial charge in [-0.15, -0.1) is 11.3 Å². The highest BCUT2D eigenvalue weighted by atomic mass is 32.2. The van der Waals surface area contributed by atoms with Crippen LogP contribution in [0.25, 0.3) is 0 Å². The molecule has 0 radical (unpaired) electrons. The number of hydrogen-bond acceptors (Lipinski definition) is 6. The van der Waals surface area contributed by atoms with Crippen LogP contribution in [0, 0.1) is 5.41 Å². The maximum absolute atomic E-state index is 13.1. The molecule has 2 N–H and O–H groups in total. The number of hydrogen-bond donors (Lipinski definition) is 2. The Morgan fingerprint density at radius 1 is 1.32 bits per heavy atom. The molecule has 1 aliphatic heterocycles. The second-order valence-electron chi connectivity index (χ2n) is 8.24. The maximum Gasteiger partial charge on any atom is 0.257 e. The molecule has 2 aromatic heterocycles. The summed E-state index contributed by atoms with van der Waals surface area (Å²) < 4.78 is 0. The van der Waals surface area contributed by atoms with Gasteiger partial charge >= 0.3 is 0 Å². The van der Waals surface area contributed by atoms with Gasteiger partial charge in [0.05, 0.1) is 11.5 Å². The third-order valence-corrected chi connectivity index (χ3v) is 7.16. The van der Waals surface area contributed by atoms with E-state index in [1.165, 1.54) is 0 Å². The fraction of sp³-hybridized carbons (Fsp3) is 0.476. The van der Waals surface area contributed by atoms with Crippen LogP contribution in [0.15, 0.2) is 38.7 Å². The van der Waals surface area contributed by atoms with Gasteiger partial charge in [0.15, 0.2) is 10.9 Å². The SMILES string of the molecule is CCCCSc1nc2c(c(=O)[nH]1)C(c1cccs1)C1=C(CC(C)(C)CC1=O)N2. The van der Waals surface area contributed by atoms with Crippen molar-refractivity contribution < 1.29 is 4.79 Å². The van der Waals surface area contributed by atoms with Crippen LogP contribution in [0.2, 0.25) is 0 Å². The Balaban J connectivity index is 1.83. The number of fused-ring (bicyclic) bond motifs is 1. The Morgan fingerprint density at radius 2 is 2.14 bits per heavy atom. The lowest BCUT2D eigenvalue weighted by atomic mass is 9.70. The average Bonchev–Trinajstić information content (AvgIpc) is 3.13. The molecular formula is C21H25N3O2S2. The first-order valence-electron chi connectivity index (χ1n) is 9.73. The van der Waals surface area contributed by atoms with Crippen molar-refractivity contribution in [3.8, 4) is 0 Å². The summed E-state index contributed by atoms with van der Waals surface area (Å²) in [6, 6.07) is 3.97. The van der Waals surface area contributed by atoms with Gasteiger partial charge in [-0.25, -0.2) is 4.98 Å². The first-order valence-corrected chi connectivity index (χ1v) is 11.6. The second kappa shape index (κ2) is 7.52. The van der Waals surface area contributed by atoms with Gasteiger partial charge < -0.3 is 10.3 Å². The van der Waals surface area contributed by atoms with E-state index >= 15 is 0 Å². The van der Waals surface area contributed by atoms with E-state index in [1.54, 1.807) is 23.1 Å². The van der Waals surface area contributed by atoms with Crippen LogP contribution >= 0.6 is 23.1 Å². The molecule has 4 rings (SSSR count). The average molecular weight is 416 g/mol. The number of thioether (sulfide) groups is 1. The molecule has 5 nitrogen and oxygen atoms in total. The third kappa shape index (κ3) is 3.57. The quantitative estimate of drug-likeness (QED) is 0.412. The smallest absolute Gasteiger partial charge is 0.257 e. The van der Waals surface area contributed by atoms with E-state index in [0.717, 1.165) is 41.2 Å². The van der Waals surface area contributed by atoms with Crippen LogP contribution in [0.4, 0.5) is 5.82 Å². The number of rotatable bonds is 5. The van der Waals surface area contributed by atoms with E-state index < -0.39 is 0 Å². The zero-order chi connectivity index (χ0) is 19.9. The third-order valence-electron chi connectivity index (χ3n) is 5.26. The van der Waals surface area contributed by atoms with Gasteiger partial charge in [-0.05, 0) is 29.7 Å². The van der Waals surface area contributed by atoms with Crippen molar-refractivity contribution in [2.45, 2.75) is 57.5 Å². The van der Waals surface area contributed by atoms with Crippen LogP contribution < -0.4 is 10.9 Å². The largest absolute Gasteiger partial charge is 0.343 e. The first-order chi connectivity index (χ1) is 13.4. The Kier molecular flexibility index (Phi) is 5.22. The number of H-pyrrole nitrogens is 1. The minimum atomic E-state index is -0.333. The van der Waals surface area contributed by atoms with Gasteiger partial charge in [0.1, 0.15) is 5.82 Å². The minimum absolute atomic E-state index is 0.0969. The monoisotopic (exact) mass is 415 g/mol. The summed E-state index contributed by atoms with van der Waals surface area (Å²) in [6.45, 7) is 6.37. The number of carbonyl (C=O) groups excluding carboxylic acids is 1. The van der Waals surface area contributed by atoms with Crippen molar-refractivity contribution in [1.29, 1.82) is 0 Å². The number of thiophene rings is 1. The molecule has 0 spiro atoms. The molecule has 2 aliphatic rings. The Morgan fingerprint density at radius 3 is 2.86 bits per heavy atom. The van der Waals surface area contributed by atoms with Crippen molar-refractivity contribution in [2.24, 2.45) is 5.41 Å². The number of aromatic nitrogens is 2. The highest BCUT2D eigenvalue weighted by Crippen LogP contribution is 2.48. The van der Waals surface area contributed by atoms with E-state index in [-0.39, 0.29) is 22.7 Å². The summed E-state index contributed by atoms with van der Waals surface area (Å²) in [5.74, 6) is 1.32. The summed E-state index contributed by atoms with van der Waals surface area (Å²) in [5.41, 5.74) is 1.98. The summed E-state index contributed by atoms with van der Waals surface area (Å²) >= 11 is 3.15. The molecular weight excluding hydrogens is 390 g/mol. The van der Waals surface area contributed by atoms with Gasteiger partial charge in [0.2, 0.25) is 0 Å². The molecule has 1 aliphatic carbocycles. The molecule has 0 aromatic carbocycles. The number of carbonyl (C=O) groups is 1.